The monoisotopic (exact) mass is 702 g/mol. The van der Waals surface area contributed by atoms with Crippen molar-refractivity contribution in [3.05, 3.63) is 145 Å². The lowest BCUT2D eigenvalue weighted by Gasteiger charge is -2.20. The van der Waals surface area contributed by atoms with Gasteiger partial charge in [-0.2, -0.15) is 0 Å². The number of epoxide rings is 2. The number of fused-ring (bicyclic) bond motifs is 3. The molecule has 0 bridgehead atoms. The molecule has 0 N–H and O–H groups in total. The molecule has 2 atom stereocenters. The van der Waals surface area contributed by atoms with Crippen molar-refractivity contribution in [2.45, 2.75) is 18.6 Å². The normalized spacial score (nSPS) is 16.5. The van der Waals surface area contributed by atoms with Gasteiger partial charge in [-0.3, -0.25) is 0 Å². The Kier molecular flexibility index (Phi) is 9.75. The summed E-state index contributed by atoms with van der Waals surface area (Å²) in [6.07, 6.45) is 1.35. The smallest absolute Gasteiger partial charge is 0.127 e. The second-order valence-corrected chi connectivity index (χ2v) is 13.8. The van der Waals surface area contributed by atoms with Crippen LogP contribution in [-0.4, -0.2) is 65.1 Å². The summed E-state index contributed by atoms with van der Waals surface area (Å²) in [7, 11) is 0. The van der Waals surface area contributed by atoms with E-state index in [-0.39, 0.29) is 12.2 Å². The number of hydrogen-bond donors (Lipinski definition) is 0. The van der Waals surface area contributed by atoms with Crippen LogP contribution >= 0.6 is 0 Å². The Hall–Kier alpha value is -5.24. The van der Waals surface area contributed by atoms with Crippen LogP contribution in [0.25, 0.3) is 55.6 Å². The lowest BCUT2D eigenvalue weighted by molar-refractivity contribution is 0.0880. The highest BCUT2D eigenvalue weighted by Gasteiger charge is 2.26. The summed E-state index contributed by atoms with van der Waals surface area (Å²) in [5, 5.41) is 0. The van der Waals surface area contributed by atoms with Crippen molar-refractivity contribution in [3.63, 3.8) is 0 Å². The van der Waals surface area contributed by atoms with Crippen molar-refractivity contribution in [1.29, 1.82) is 0 Å². The summed E-state index contributed by atoms with van der Waals surface area (Å²) in [5.74, 6) is 1.67. The van der Waals surface area contributed by atoms with Crippen molar-refractivity contribution in [3.8, 4) is 67.1 Å². The van der Waals surface area contributed by atoms with Crippen LogP contribution in [0.15, 0.2) is 133 Å². The van der Waals surface area contributed by atoms with Crippen LogP contribution in [0.2, 0.25) is 0 Å². The van der Waals surface area contributed by atoms with Gasteiger partial charge in [0, 0.05) is 11.1 Å². The zero-order chi connectivity index (χ0) is 35.4. The molecule has 6 heteroatoms. The lowest BCUT2D eigenvalue weighted by Crippen LogP contribution is -2.10. The molecule has 2 fully saturated rings. The van der Waals surface area contributed by atoms with Gasteiger partial charge in [-0.1, -0.05) is 109 Å². The van der Waals surface area contributed by atoms with Gasteiger partial charge in [-0.15, -0.1) is 0 Å². The van der Waals surface area contributed by atoms with Gasteiger partial charge < -0.3 is 28.4 Å². The molecule has 2 aliphatic heterocycles. The molecule has 0 radical (unpaired) electrons. The minimum atomic E-state index is 0.238. The highest BCUT2D eigenvalue weighted by molar-refractivity contribution is 5.96. The molecule has 0 amide bonds. The molecule has 0 spiro atoms. The Balaban J connectivity index is 1.11. The highest BCUT2D eigenvalue weighted by atomic mass is 16.6. The van der Waals surface area contributed by atoms with Crippen LogP contribution in [0.5, 0.6) is 11.5 Å². The van der Waals surface area contributed by atoms with Crippen LogP contribution in [0.3, 0.4) is 0 Å². The summed E-state index contributed by atoms with van der Waals surface area (Å²) in [5.41, 5.74) is 14.3. The Bertz CT molecular complexity index is 2190. The second-order valence-electron chi connectivity index (χ2n) is 13.8. The Morgan fingerprint density at radius 1 is 0.453 bits per heavy atom. The van der Waals surface area contributed by atoms with Gasteiger partial charge in [-0.25, -0.2) is 0 Å². The van der Waals surface area contributed by atoms with Crippen molar-refractivity contribution in [2.24, 2.45) is 0 Å². The predicted molar refractivity (Wildman–Crippen MR) is 209 cm³/mol. The second kappa shape index (κ2) is 15.4. The molecule has 6 aromatic rings. The van der Waals surface area contributed by atoms with E-state index in [0.29, 0.717) is 39.6 Å². The fraction of sp³-hybridized carbons (Fsp3) is 0.234. The third-order valence-corrected chi connectivity index (χ3v) is 10.1. The van der Waals surface area contributed by atoms with E-state index < -0.39 is 0 Å². The van der Waals surface area contributed by atoms with Crippen LogP contribution < -0.4 is 9.47 Å². The summed E-state index contributed by atoms with van der Waals surface area (Å²) >= 11 is 0. The minimum Gasteiger partial charge on any atom is -0.491 e. The van der Waals surface area contributed by atoms with E-state index in [0.717, 1.165) is 64.5 Å². The van der Waals surface area contributed by atoms with Crippen LogP contribution in [-0.2, 0) is 25.4 Å². The first-order chi connectivity index (χ1) is 26.3. The average Bonchev–Trinajstić information content (AvgIpc) is 4.16. The van der Waals surface area contributed by atoms with Gasteiger partial charge in [0.2, 0.25) is 0 Å². The summed E-state index contributed by atoms with van der Waals surface area (Å²) < 4.78 is 34.9. The number of rotatable bonds is 16. The molecule has 53 heavy (non-hydrogen) atoms. The minimum absolute atomic E-state index is 0.238. The van der Waals surface area contributed by atoms with Gasteiger partial charge in [0.05, 0.1) is 39.6 Å². The SMILES string of the molecule is c1ccc(-c2cc(-c3ccc4c(c3-c3ccc(OCCOCC5CO5)c(-c5ccccc5)c3)Cc3ccccc3-4)ccc2OCCOCC2CO2)cc1. The van der Waals surface area contributed by atoms with Crippen molar-refractivity contribution in [2.75, 3.05) is 52.9 Å². The first-order valence-corrected chi connectivity index (χ1v) is 18.6. The Morgan fingerprint density at radius 2 is 0.981 bits per heavy atom. The molecular formula is C47H42O6. The molecule has 266 valence electrons. The highest BCUT2D eigenvalue weighted by Crippen LogP contribution is 2.48. The number of hydrogen-bond acceptors (Lipinski definition) is 6. The molecular weight excluding hydrogens is 661 g/mol. The maximum atomic E-state index is 6.39. The van der Waals surface area contributed by atoms with Gasteiger partial charge in [-0.05, 0) is 86.3 Å². The van der Waals surface area contributed by atoms with Gasteiger partial charge in [0.1, 0.15) is 36.9 Å². The van der Waals surface area contributed by atoms with Crippen molar-refractivity contribution in [1.82, 2.24) is 0 Å². The van der Waals surface area contributed by atoms with Gasteiger partial charge in [0.25, 0.3) is 0 Å². The third-order valence-electron chi connectivity index (χ3n) is 10.1. The maximum absolute atomic E-state index is 6.39. The van der Waals surface area contributed by atoms with Gasteiger partial charge >= 0.3 is 0 Å². The standard InChI is InChI=1S/C47H42O6/c1-3-9-32(10-4-1)42-25-35(15-19-45(42)50-23-21-48-28-37-30-52-37)40-17-18-41-39-14-8-7-13-34(39)26-44(41)47(40)36-16-20-46(51-24-22-49-29-38-31-53-38)43(27-36)33-11-5-2-6-12-33/h1-20,25,27,37-38H,21-24,26,28-31H2. The molecule has 2 saturated heterocycles. The summed E-state index contributed by atoms with van der Waals surface area (Å²) in [6.45, 7) is 4.75. The van der Waals surface area contributed by atoms with Crippen molar-refractivity contribution >= 4 is 0 Å². The van der Waals surface area contributed by atoms with E-state index in [1.165, 1.54) is 33.4 Å². The van der Waals surface area contributed by atoms with Crippen molar-refractivity contribution < 1.29 is 28.4 Å². The molecule has 0 aromatic heterocycles. The molecule has 3 aliphatic rings. The zero-order valence-electron chi connectivity index (χ0n) is 29.7. The maximum Gasteiger partial charge on any atom is 0.127 e. The molecule has 1 aliphatic carbocycles. The van der Waals surface area contributed by atoms with E-state index in [2.05, 4.69) is 127 Å². The fourth-order valence-electron chi connectivity index (χ4n) is 7.28. The third kappa shape index (κ3) is 7.64. The summed E-state index contributed by atoms with van der Waals surface area (Å²) in [6, 6.07) is 47.6. The van der Waals surface area contributed by atoms with Crippen LogP contribution in [0.1, 0.15) is 11.1 Å². The average molecular weight is 703 g/mol. The van der Waals surface area contributed by atoms with Crippen LogP contribution in [0.4, 0.5) is 0 Å². The van der Waals surface area contributed by atoms with Gasteiger partial charge in [0.15, 0.2) is 0 Å². The zero-order valence-corrected chi connectivity index (χ0v) is 29.7. The van der Waals surface area contributed by atoms with E-state index >= 15 is 0 Å². The van der Waals surface area contributed by atoms with E-state index in [1.807, 2.05) is 6.07 Å². The molecule has 6 aromatic carbocycles. The number of benzene rings is 6. The first-order valence-electron chi connectivity index (χ1n) is 18.6. The first kappa shape index (κ1) is 33.6. The molecule has 2 unspecified atom stereocenters. The molecule has 9 rings (SSSR count). The van der Waals surface area contributed by atoms with E-state index in [9.17, 15) is 0 Å². The summed E-state index contributed by atoms with van der Waals surface area (Å²) in [4.78, 5) is 0. The Morgan fingerprint density at radius 3 is 1.58 bits per heavy atom. The lowest BCUT2D eigenvalue weighted by atomic mass is 9.86. The van der Waals surface area contributed by atoms with E-state index in [1.54, 1.807) is 0 Å². The molecule has 0 saturated carbocycles. The Labute approximate surface area is 310 Å². The number of ether oxygens (including phenoxy) is 6. The quantitative estimate of drug-likeness (QED) is 0.0739. The largest absolute Gasteiger partial charge is 0.491 e. The molecule has 2 heterocycles. The topological polar surface area (TPSA) is 62.0 Å². The predicted octanol–water partition coefficient (Wildman–Crippen LogP) is 9.51. The fourth-order valence-corrected chi connectivity index (χ4v) is 7.28. The van der Waals surface area contributed by atoms with Crippen LogP contribution in [0, 0.1) is 0 Å². The molecule has 6 nitrogen and oxygen atoms in total. The van der Waals surface area contributed by atoms with E-state index in [4.69, 9.17) is 28.4 Å².